The molecule has 0 radical (unpaired) electrons. The molecular weight excluding hydrogens is 244 g/mol. The summed E-state index contributed by atoms with van der Waals surface area (Å²) in [7, 11) is 2.20. The van der Waals surface area contributed by atoms with Gasteiger partial charge in [-0.3, -0.25) is 0 Å². The van der Waals surface area contributed by atoms with E-state index in [1.807, 2.05) is 11.8 Å². The van der Waals surface area contributed by atoms with Gasteiger partial charge in [0, 0.05) is 5.92 Å². The van der Waals surface area contributed by atoms with Crippen molar-refractivity contribution < 1.29 is 0 Å². The lowest BCUT2D eigenvalue weighted by molar-refractivity contribution is 0.210. The van der Waals surface area contributed by atoms with E-state index in [2.05, 4.69) is 22.9 Å². The van der Waals surface area contributed by atoms with Gasteiger partial charge in [-0.1, -0.05) is 0 Å². The molecule has 0 amide bonds. The predicted molar refractivity (Wildman–Crippen MR) is 75.0 cm³/mol. The molecule has 1 saturated heterocycles. The Balaban J connectivity index is 1.79. The van der Waals surface area contributed by atoms with Crippen molar-refractivity contribution in [3.05, 3.63) is 11.6 Å². The lowest BCUT2D eigenvalue weighted by Crippen LogP contribution is -2.32. The Morgan fingerprint density at radius 2 is 1.94 bits per heavy atom. The third-order valence-electron chi connectivity index (χ3n) is 3.97. The summed E-state index contributed by atoms with van der Waals surface area (Å²) in [4.78, 5) is 7.18. The summed E-state index contributed by atoms with van der Waals surface area (Å²) >= 11 is 1.85. The summed E-state index contributed by atoms with van der Waals surface area (Å²) in [5.41, 5.74) is 0. The van der Waals surface area contributed by atoms with Gasteiger partial charge in [0.05, 0.1) is 11.8 Å². The van der Waals surface area contributed by atoms with Crippen LogP contribution in [0.3, 0.4) is 0 Å². The number of rotatable bonds is 4. The van der Waals surface area contributed by atoms with Gasteiger partial charge in [-0.2, -0.15) is 16.9 Å². The van der Waals surface area contributed by atoms with Gasteiger partial charge in [0.25, 0.3) is 0 Å². The molecule has 0 atom stereocenters. The number of likely N-dealkylation sites (tertiary alicyclic amines) is 1. The van der Waals surface area contributed by atoms with Crippen LogP contribution in [0.1, 0.15) is 49.3 Å². The first-order chi connectivity index (χ1) is 8.78. The first-order valence-electron chi connectivity index (χ1n) is 6.90. The minimum absolute atomic E-state index is 0.573. The van der Waals surface area contributed by atoms with Crippen molar-refractivity contribution in [2.75, 3.05) is 26.4 Å². The second-order valence-electron chi connectivity index (χ2n) is 5.57. The van der Waals surface area contributed by atoms with Crippen molar-refractivity contribution in [3.63, 3.8) is 0 Å². The van der Waals surface area contributed by atoms with Crippen LogP contribution in [0.25, 0.3) is 0 Å². The molecule has 2 fully saturated rings. The van der Waals surface area contributed by atoms with Crippen LogP contribution < -0.4 is 0 Å². The molecule has 2 heterocycles. The fourth-order valence-corrected chi connectivity index (χ4v) is 3.10. The van der Waals surface area contributed by atoms with Crippen LogP contribution in [-0.4, -0.2) is 46.1 Å². The van der Waals surface area contributed by atoms with Crippen LogP contribution in [0.5, 0.6) is 0 Å². The highest BCUT2D eigenvalue weighted by Gasteiger charge is 2.30. The molecule has 0 unspecified atom stereocenters. The van der Waals surface area contributed by atoms with E-state index in [9.17, 15) is 0 Å². The first kappa shape index (κ1) is 12.5. The maximum absolute atomic E-state index is 4.81. The highest BCUT2D eigenvalue weighted by atomic mass is 32.2. The van der Waals surface area contributed by atoms with Gasteiger partial charge in [0.2, 0.25) is 0 Å². The van der Waals surface area contributed by atoms with Crippen molar-refractivity contribution in [2.45, 2.75) is 43.4 Å². The normalized spacial score (nSPS) is 22.6. The van der Waals surface area contributed by atoms with E-state index in [0.717, 1.165) is 11.6 Å². The maximum Gasteiger partial charge on any atom is 0.154 e. The topological polar surface area (TPSA) is 34.0 Å². The molecule has 1 saturated carbocycles. The second-order valence-corrected chi connectivity index (χ2v) is 6.44. The third kappa shape index (κ3) is 2.57. The molecule has 5 heteroatoms. The van der Waals surface area contributed by atoms with Gasteiger partial charge in [-0.25, -0.2) is 9.67 Å². The van der Waals surface area contributed by atoms with Gasteiger partial charge >= 0.3 is 0 Å². The summed E-state index contributed by atoms with van der Waals surface area (Å²) in [6, 6.07) is 0.573. The molecule has 1 aliphatic heterocycles. The molecule has 3 rings (SSSR count). The third-order valence-corrected chi connectivity index (χ3v) is 4.52. The molecule has 4 nitrogen and oxygen atoms in total. The monoisotopic (exact) mass is 266 g/mol. The van der Waals surface area contributed by atoms with Gasteiger partial charge in [0.1, 0.15) is 5.82 Å². The Kier molecular flexibility index (Phi) is 3.61. The van der Waals surface area contributed by atoms with Gasteiger partial charge in [-0.05, 0) is 52.1 Å². The van der Waals surface area contributed by atoms with Crippen LogP contribution >= 0.6 is 11.8 Å². The molecule has 0 spiro atoms. The average Bonchev–Trinajstić information content (AvgIpc) is 3.13. The quantitative estimate of drug-likeness (QED) is 0.837. The van der Waals surface area contributed by atoms with E-state index in [4.69, 9.17) is 10.1 Å². The number of aromatic nitrogens is 3. The predicted octanol–water partition coefficient (Wildman–Crippen LogP) is 2.29. The minimum atomic E-state index is 0.573. The average molecular weight is 266 g/mol. The summed E-state index contributed by atoms with van der Waals surface area (Å²) in [6.45, 7) is 2.37. The summed E-state index contributed by atoms with van der Waals surface area (Å²) in [6.07, 6.45) is 7.15. The van der Waals surface area contributed by atoms with Crippen molar-refractivity contribution >= 4 is 11.8 Å². The second kappa shape index (κ2) is 5.21. The molecule has 0 N–H and O–H groups in total. The maximum atomic E-state index is 4.81. The molecule has 0 aromatic carbocycles. The number of piperidine rings is 1. The van der Waals surface area contributed by atoms with E-state index in [1.54, 1.807) is 0 Å². The largest absolute Gasteiger partial charge is 0.306 e. The van der Waals surface area contributed by atoms with Crippen LogP contribution in [0.4, 0.5) is 0 Å². The minimum Gasteiger partial charge on any atom is -0.306 e. The Bertz CT molecular complexity index is 405. The fraction of sp³-hybridized carbons (Fsp3) is 0.846. The SMILES string of the molecule is CSCc1nc(C2CC2)nn1C1CCN(C)CC1. The zero-order valence-corrected chi connectivity index (χ0v) is 12.1. The molecular formula is C13H22N4S. The van der Waals surface area contributed by atoms with Crippen LogP contribution in [-0.2, 0) is 5.75 Å². The molecule has 18 heavy (non-hydrogen) atoms. The lowest BCUT2D eigenvalue weighted by atomic mass is 10.1. The molecule has 1 aromatic rings. The van der Waals surface area contributed by atoms with E-state index in [0.29, 0.717) is 12.0 Å². The summed E-state index contributed by atoms with van der Waals surface area (Å²) in [5.74, 6) is 3.96. The van der Waals surface area contributed by atoms with Gasteiger partial charge in [0.15, 0.2) is 5.82 Å². The van der Waals surface area contributed by atoms with Crippen molar-refractivity contribution in [1.82, 2.24) is 19.7 Å². The smallest absolute Gasteiger partial charge is 0.154 e. The van der Waals surface area contributed by atoms with Gasteiger partial charge in [-0.15, -0.1) is 0 Å². The van der Waals surface area contributed by atoms with Crippen molar-refractivity contribution in [2.24, 2.45) is 0 Å². The number of hydrogen-bond acceptors (Lipinski definition) is 4. The van der Waals surface area contributed by atoms with E-state index >= 15 is 0 Å². The molecule has 0 bridgehead atoms. The van der Waals surface area contributed by atoms with Gasteiger partial charge < -0.3 is 4.90 Å². The number of nitrogens with zero attached hydrogens (tertiary/aromatic N) is 4. The van der Waals surface area contributed by atoms with E-state index in [-0.39, 0.29) is 0 Å². The highest BCUT2D eigenvalue weighted by molar-refractivity contribution is 7.97. The highest BCUT2D eigenvalue weighted by Crippen LogP contribution is 2.39. The molecule has 2 aliphatic rings. The number of thioether (sulfide) groups is 1. The van der Waals surface area contributed by atoms with Crippen molar-refractivity contribution in [3.8, 4) is 0 Å². The van der Waals surface area contributed by atoms with Crippen molar-refractivity contribution in [1.29, 1.82) is 0 Å². The first-order valence-corrected chi connectivity index (χ1v) is 8.30. The molecule has 1 aliphatic carbocycles. The Morgan fingerprint density at radius 3 is 2.56 bits per heavy atom. The zero-order chi connectivity index (χ0) is 12.5. The summed E-state index contributed by atoms with van der Waals surface area (Å²) in [5, 5.41) is 4.81. The standard InChI is InChI=1S/C13H22N4S/c1-16-7-5-11(6-8-16)17-12(9-18-2)14-13(15-17)10-3-4-10/h10-11H,3-9H2,1-2H3. The Hall–Kier alpha value is -0.550. The molecule has 1 aromatic heterocycles. The summed E-state index contributed by atoms with van der Waals surface area (Å²) < 4.78 is 2.25. The van der Waals surface area contributed by atoms with Crippen LogP contribution in [0, 0.1) is 0 Å². The number of hydrogen-bond donors (Lipinski definition) is 0. The fourth-order valence-electron chi connectivity index (χ4n) is 2.65. The Morgan fingerprint density at radius 1 is 1.22 bits per heavy atom. The lowest BCUT2D eigenvalue weighted by Gasteiger charge is -2.29. The zero-order valence-electron chi connectivity index (χ0n) is 11.3. The Labute approximate surface area is 113 Å². The van der Waals surface area contributed by atoms with E-state index < -0.39 is 0 Å². The van der Waals surface area contributed by atoms with Crippen LogP contribution in [0.15, 0.2) is 0 Å². The van der Waals surface area contributed by atoms with E-state index in [1.165, 1.54) is 44.6 Å². The molecule has 100 valence electrons. The van der Waals surface area contributed by atoms with Crippen LogP contribution in [0.2, 0.25) is 0 Å².